The van der Waals surface area contributed by atoms with Gasteiger partial charge in [-0.2, -0.15) is 0 Å². The van der Waals surface area contributed by atoms with E-state index in [1.54, 1.807) is 23.1 Å². The highest BCUT2D eigenvalue weighted by molar-refractivity contribution is 6.35. The maximum atomic E-state index is 12.1. The van der Waals surface area contributed by atoms with Crippen molar-refractivity contribution < 1.29 is 4.79 Å². The summed E-state index contributed by atoms with van der Waals surface area (Å²) >= 11 is 11.8. The molecule has 1 aliphatic rings. The topological polar surface area (TPSA) is 58.4 Å². The Hall–Kier alpha value is -0.970. The summed E-state index contributed by atoms with van der Waals surface area (Å²) in [6.45, 7) is 0.933. The van der Waals surface area contributed by atoms with Crippen molar-refractivity contribution in [3.05, 3.63) is 28.2 Å². The average Bonchev–Trinajstić information content (AvgIpc) is 2.35. The van der Waals surface area contributed by atoms with Gasteiger partial charge in [0.25, 0.3) is 0 Å². The van der Waals surface area contributed by atoms with Gasteiger partial charge in [-0.15, -0.1) is 0 Å². The van der Waals surface area contributed by atoms with Crippen molar-refractivity contribution in [3.8, 4) is 0 Å². The van der Waals surface area contributed by atoms with Gasteiger partial charge >= 0.3 is 0 Å². The lowest BCUT2D eigenvalue weighted by atomic mass is 10.1. The van der Waals surface area contributed by atoms with Crippen molar-refractivity contribution in [1.29, 1.82) is 0 Å². The van der Waals surface area contributed by atoms with Crippen molar-refractivity contribution in [1.82, 2.24) is 4.90 Å². The zero-order chi connectivity index (χ0) is 13.8. The van der Waals surface area contributed by atoms with Gasteiger partial charge in [-0.05, 0) is 37.5 Å². The van der Waals surface area contributed by atoms with Crippen molar-refractivity contribution >= 4 is 34.8 Å². The summed E-state index contributed by atoms with van der Waals surface area (Å²) in [5, 5.41) is 4.11. The van der Waals surface area contributed by atoms with E-state index in [0.717, 1.165) is 31.5 Å². The number of amides is 1. The number of likely N-dealkylation sites (tertiary alicyclic amines) is 1. The van der Waals surface area contributed by atoms with Crippen LogP contribution in [-0.2, 0) is 4.79 Å². The first-order valence-electron chi connectivity index (χ1n) is 6.31. The Labute approximate surface area is 122 Å². The molecule has 0 saturated carbocycles. The fourth-order valence-electron chi connectivity index (χ4n) is 2.20. The monoisotopic (exact) mass is 301 g/mol. The lowest BCUT2D eigenvalue weighted by Gasteiger charge is -2.33. The lowest BCUT2D eigenvalue weighted by molar-refractivity contribution is -0.132. The second-order valence-corrected chi connectivity index (χ2v) is 5.53. The van der Waals surface area contributed by atoms with Crippen LogP contribution in [0.15, 0.2) is 18.2 Å². The second-order valence-electron chi connectivity index (χ2n) is 4.66. The van der Waals surface area contributed by atoms with Crippen molar-refractivity contribution in [2.75, 3.05) is 18.4 Å². The predicted octanol–water partition coefficient (Wildman–Crippen LogP) is 2.70. The predicted molar refractivity (Wildman–Crippen MR) is 78.5 cm³/mol. The third-order valence-corrected chi connectivity index (χ3v) is 3.61. The summed E-state index contributed by atoms with van der Waals surface area (Å²) in [5.74, 6) is 0.00305. The highest BCUT2D eigenvalue weighted by atomic mass is 35.5. The van der Waals surface area contributed by atoms with Gasteiger partial charge in [0.05, 0.1) is 12.7 Å². The smallest absolute Gasteiger partial charge is 0.243 e. The van der Waals surface area contributed by atoms with Crippen LogP contribution in [0.1, 0.15) is 19.3 Å². The zero-order valence-electron chi connectivity index (χ0n) is 10.5. The van der Waals surface area contributed by atoms with Gasteiger partial charge in [0.1, 0.15) is 0 Å². The van der Waals surface area contributed by atoms with Gasteiger partial charge < -0.3 is 16.0 Å². The Bertz CT molecular complexity index is 447. The maximum Gasteiger partial charge on any atom is 0.243 e. The van der Waals surface area contributed by atoms with E-state index in [9.17, 15) is 4.79 Å². The van der Waals surface area contributed by atoms with Crippen LogP contribution in [0.4, 0.5) is 5.69 Å². The Balaban J connectivity index is 1.92. The number of hydrogen-bond donors (Lipinski definition) is 2. The molecule has 0 aromatic heterocycles. The molecule has 1 aromatic rings. The van der Waals surface area contributed by atoms with E-state index in [1.807, 2.05) is 0 Å². The molecule has 1 amide bonds. The van der Waals surface area contributed by atoms with Gasteiger partial charge in [-0.1, -0.05) is 23.2 Å². The highest BCUT2D eigenvalue weighted by Gasteiger charge is 2.23. The SMILES string of the molecule is N[C@H]1CCCCN1C(=O)CNc1cc(Cl)cc(Cl)c1. The number of benzene rings is 1. The Kier molecular flexibility index (Phi) is 4.91. The quantitative estimate of drug-likeness (QED) is 0.902. The number of rotatable bonds is 3. The van der Waals surface area contributed by atoms with Gasteiger partial charge in [0.2, 0.25) is 5.91 Å². The first kappa shape index (κ1) is 14.4. The standard InChI is InChI=1S/C13H17Cl2N3O/c14-9-5-10(15)7-11(6-9)17-8-13(19)18-4-2-1-3-12(18)16/h5-7,12,17H,1-4,8,16H2/t12-/m1/s1. The molecule has 6 heteroatoms. The molecule has 1 saturated heterocycles. The summed E-state index contributed by atoms with van der Waals surface area (Å²) in [6.07, 6.45) is 2.81. The van der Waals surface area contributed by atoms with E-state index >= 15 is 0 Å². The maximum absolute atomic E-state index is 12.1. The largest absolute Gasteiger partial charge is 0.376 e. The molecule has 2 rings (SSSR count). The molecular weight excluding hydrogens is 285 g/mol. The zero-order valence-corrected chi connectivity index (χ0v) is 12.0. The second kappa shape index (κ2) is 6.46. The van der Waals surface area contributed by atoms with Crippen LogP contribution in [-0.4, -0.2) is 30.1 Å². The Morgan fingerprint density at radius 1 is 1.32 bits per heavy atom. The van der Waals surface area contributed by atoms with Gasteiger partial charge in [0, 0.05) is 22.3 Å². The number of halogens is 2. The van der Waals surface area contributed by atoms with Crippen LogP contribution in [0.2, 0.25) is 10.0 Å². The van der Waals surface area contributed by atoms with E-state index in [2.05, 4.69) is 5.32 Å². The average molecular weight is 302 g/mol. The van der Waals surface area contributed by atoms with Crippen LogP contribution >= 0.6 is 23.2 Å². The number of carbonyl (C=O) groups excluding carboxylic acids is 1. The van der Waals surface area contributed by atoms with E-state index in [4.69, 9.17) is 28.9 Å². The van der Waals surface area contributed by atoms with Crippen molar-refractivity contribution in [2.45, 2.75) is 25.4 Å². The number of nitrogens with zero attached hydrogens (tertiary/aromatic N) is 1. The summed E-state index contributed by atoms with van der Waals surface area (Å²) < 4.78 is 0. The summed E-state index contributed by atoms with van der Waals surface area (Å²) in [5.41, 5.74) is 6.66. The lowest BCUT2D eigenvalue weighted by Crippen LogP contribution is -2.50. The van der Waals surface area contributed by atoms with E-state index < -0.39 is 0 Å². The molecular formula is C13H17Cl2N3O. The molecule has 1 aromatic carbocycles. The van der Waals surface area contributed by atoms with Crippen molar-refractivity contribution in [2.24, 2.45) is 5.73 Å². The number of hydrogen-bond acceptors (Lipinski definition) is 3. The number of nitrogens with one attached hydrogen (secondary N) is 1. The summed E-state index contributed by atoms with van der Waals surface area (Å²) in [7, 11) is 0. The van der Waals surface area contributed by atoms with Crippen LogP contribution < -0.4 is 11.1 Å². The molecule has 0 spiro atoms. The molecule has 1 fully saturated rings. The highest BCUT2D eigenvalue weighted by Crippen LogP contribution is 2.22. The molecule has 1 atom stereocenters. The minimum Gasteiger partial charge on any atom is -0.376 e. The van der Waals surface area contributed by atoms with E-state index in [-0.39, 0.29) is 18.6 Å². The third kappa shape index (κ3) is 4.00. The molecule has 19 heavy (non-hydrogen) atoms. The minimum atomic E-state index is -0.161. The number of carbonyl (C=O) groups is 1. The molecule has 3 N–H and O–H groups in total. The molecule has 0 radical (unpaired) electrons. The number of anilines is 1. The van der Waals surface area contributed by atoms with Gasteiger partial charge in [-0.3, -0.25) is 4.79 Å². The van der Waals surface area contributed by atoms with Gasteiger partial charge in [0.15, 0.2) is 0 Å². The minimum absolute atomic E-state index is 0.00305. The molecule has 0 aliphatic carbocycles. The van der Waals surface area contributed by atoms with E-state index in [1.165, 1.54) is 0 Å². The molecule has 0 bridgehead atoms. The Morgan fingerprint density at radius 3 is 2.63 bits per heavy atom. The summed E-state index contributed by atoms with van der Waals surface area (Å²) in [4.78, 5) is 13.8. The third-order valence-electron chi connectivity index (χ3n) is 3.18. The van der Waals surface area contributed by atoms with Gasteiger partial charge in [-0.25, -0.2) is 0 Å². The number of piperidine rings is 1. The van der Waals surface area contributed by atoms with Crippen LogP contribution in [0.25, 0.3) is 0 Å². The van der Waals surface area contributed by atoms with Crippen LogP contribution in [0.5, 0.6) is 0 Å². The molecule has 1 aliphatic heterocycles. The normalized spacial score (nSPS) is 19.3. The van der Waals surface area contributed by atoms with Crippen LogP contribution in [0.3, 0.4) is 0 Å². The first-order valence-corrected chi connectivity index (χ1v) is 7.07. The fraction of sp³-hybridized carbons (Fsp3) is 0.462. The molecule has 4 nitrogen and oxygen atoms in total. The Morgan fingerprint density at radius 2 is 2.00 bits per heavy atom. The molecule has 104 valence electrons. The number of nitrogens with two attached hydrogens (primary N) is 1. The molecule has 1 heterocycles. The van der Waals surface area contributed by atoms with E-state index in [0.29, 0.717) is 10.0 Å². The first-order chi connectivity index (χ1) is 9.06. The van der Waals surface area contributed by atoms with Crippen LogP contribution in [0, 0.1) is 0 Å². The molecule has 0 unspecified atom stereocenters. The fourth-order valence-corrected chi connectivity index (χ4v) is 2.73. The van der Waals surface area contributed by atoms with Crippen molar-refractivity contribution in [3.63, 3.8) is 0 Å². The summed E-state index contributed by atoms with van der Waals surface area (Å²) in [6, 6.07) is 5.12.